The van der Waals surface area contributed by atoms with Gasteiger partial charge in [0.1, 0.15) is 0 Å². The molecule has 2 amide bonds. The lowest BCUT2D eigenvalue weighted by molar-refractivity contribution is 0.206. The third kappa shape index (κ3) is 5.52. The molecule has 2 aliphatic rings. The first-order valence-electron chi connectivity index (χ1n) is 14.1. The Labute approximate surface area is 182 Å². The molecule has 1 aromatic carbocycles. The van der Waals surface area contributed by atoms with Crippen LogP contribution in [0.15, 0.2) is 18.2 Å². The second-order valence-corrected chi connectivity index (χ2v) is 7.13. The monoisotopic (exact) mass is 402 g/mol. The van der Waals surface area contributed by atoms with Crippen LogP contribution in [0.5, 0.6) is 0 Å². The van der Waals surface area contributed by atoms with E-state index in [-0.39, 0.29) is 22.8 Å². The van der Waals surface area contributed by atoms with Crippen LogP contribution >= 0.6 is 11.6 Å². The number of benzene rings is 1. The largest absolute Gasteiger partial charge is 0.368 e. The molecule has 1 heterocycles. The first-order valence-corrected chi connectivity index (χ1v) is 9.51. The number of hydrogen-bond donors (Lipinski definition) is 2. The summed E-state index contributed by atoms with van der Waals surface area (Å²) >= 11 is 6.34. The van der Waals surface area contributed by atoms with Crippen LogP contribution in [0.4, 0.5) is 10.5 Å². The fourth-order valence-corrected chi connectivity index (χ4v) is 3.41. The number of anilines is 1. The summed E-state index contributed by atoms with van der Waals surface area (Å²) in [5.74, 6) is -0.622. The molecule has 1 aliphatic heterocycles. The maximum Gasteiger partial charge on any atom is 0.314 e. The molecule has 1 saturated heterocycles. The Morgan fingerprint density at radius 2 is 1.96 bits per heavy atom. The van der Waals surface area contributed by atoms with Gasteiger partial charge in [-0.15, -0.1) is 0 Å². The van der Waals surface area contributed by atoms with Gasteiger partial charge in [0, 0.05) is 47.3 Å². The molecule has 0 aromatic heterocycles. The molecule has 0 radical (unpaired) electrons. The highest BCUT2D eigenvalue weighted by Gasteiger charge is 2.24. The molecule has 2 fully saturated rings. The lowest BCUT2D eigenvalue weighted by atomic mass is 9.84. The average Bonchev–Trinajstić information content (AvgIpc) is 2.79. The van der Waals surface area contributed by atoms with E-state index in [0.717, 1.165) is 0 Å². The molecule has 0 atom stereocenters. The maximum absolute atomic E-state index is 11.6. The van der Waals surface area contributed by atoms with E-state index in [1.807, 2.05) is 0 Å². The number of piperazine rings is 1. The smallest absolute Gasteiger partial charge is 0.314 e. The highest BCUT2D eigenvalue weighted by Crippen LogP contribution is 2.30. The third-order valence-electron chi connectivity index (χ3n) is 4.83. The zero-order valence-electron chi connectivity index (χ0n) is 25.6. The van der Waals surface area contributed by atoms with Gasteiger partial charge in [-0.05, 0) is 63.1 Å². The van der Waals surface area contributed by atoms with Crippen molar-refractivity contribution in [3.63, 3.8) is 0 Å². The predicted octanol–water partition coefficient (Wildman–Crippen LogP) is 3.65. The van der Waals surface area contributed by atoms with Crippen molar-refractivity contribution in [2.75, 3.05) is 44.5 Å². The number of urea groups is 1. The van der Waals surface area contributed by atoms with Crippen molar-refractivity contribution < 1.29 is 18.5 Å². The molecular weight excluding hydrogens is 360 g/mol. The molecule has 150 valence electrons. The van der Waals surface area contributed by atoms with Gasteiger partial charge in [0.05, 0.1) is 16.2 Å². The summed E-state index contributed by atoms with van der Waals surface area (Å²) in [6, 6.07) is 3.91. The number of nitrogens with zero attached hydrogens (tertiary/aromatic N) is 2. The van der Waals surface area contributed by atoms with Gasteiger partial charge in [-0.1, -0.05) is 23.7 Å². The van der Waals surface area contributed by atoms with Crippen molar-refractivity contribution in [1.29, 1.82) is 0 Å². The molecular formula is C21H33ClN4O. The van der Waals surface area contributed by atoms with Gasteiger partial charge >= 0.3 is 6.03 Å². The standard InChI is InChI=1S/C21H33ClN4O/c1-16-4-3-5-19(20(16)22)26-14-12-25(13-15-26)11-10-17-6-8-18(9-7-17)24-21(27)23-2/h3-5,17-18H,6-15H2,1-2H3,(H2,23,24,27)/i10D2,12D2,13D2,14D2,15D2. The Morgan fingerprint density at radius 3 is 2.63 bits per heavy atom. The zero-order chi connectivity index (χ0) is 28.2. The van der Waals surface area contributed by atoms with E-state index in [1.54, 1.807) is 13.0 Å². The Hall–Kier alpha value is -1.46. The Bertz CT molecular complexity index is 989. The van der Waals surface area contributed by atoms with Crippen LogP contribution in [0.3, 0.4) is 0 Å². The molecule has 1 aliphatic carbocycles. The average molecular weight is 403 g/mol. The van der Waals surface area contributed by atoms with E-state index >= 15 is 0 Å². The SMILES string of the molecule is [2H]C([2H])(CN1C([2H])([2H])C([2H])([2H])N(c2cccc(C)c2Cl)C([2H])([2H])C1([2H])[2H])C1CCC(NC(=O)NC)CC1. The van der Waals surface area contributed by atoms with Crippen molar-refractivity contribution in [3.8, 4) is 0 Å². The van der Waals surface area contributed by atoms with E-state index in [1.165, 1.54) is 19.2 Å². The van der Waals surface area contributed by atoms with E-state index in [2.05, 4.69) is 10.6 Å². The maximum atomic E-state index is 11.6. The molecule has 0 spiro atoms. The second kappa shape index (κ2) is 9.65. The number of rotatable bonds is 5. The van der Waals surface area contributed by atoms with Gasteiger partial charge in [0.2, 0.25) is 0 Å². The van der Waals surface area contributed by atoms with Crippen LogP contribution in [0.2, 0.25) is 5.02 Å². The molecule has 2 N–H and O–H groups in total. The van der Waals surface area contributed by atoms with Crippen LogP contribution in [0, 0.1) is 12.8 Å². The molecule has 0 bridgehead atoms. The van der Waals surface area contributed by atoms with Crippen LogP contribution in [-0.2, 0) is 0 Å². The predicted molar refractivity (Wildman–Crippen MR) is 113 cm³/mol. The molecule has 0 unspecified atom stereocenters. The lowest BCUT2D eigenvalue weighted by Gasteiger charge is -2.37. The summed E-state index contributed by atoms with van der Waals surface area (Å²) < 4.78 is 86.6. The Morgan fingerprint density at radius 1 is 1.26 bits per heavy atom. The summed E-state index contributed by atoms with van der Waals surface area (Å²) in [7, 11) is 1.49. The van der Waals surface area contributed by atoms with Gasteiger partial charge in [-0.25, -0.2) is 4.79 Å². The van der Waals surface area contributed by atoms with Crippen LogP contribution in [0.25, 0.3) is 0 Å². The van der Waals surface area contributed by atoms with E-state index < -0.39 is 44.8 Å². The Balaban J connectivity index is 1.94. The third-order valence-corrected chi connectivity index (χ3v) is 5.33. The van der Waals surface area contributed by atoms with Crippen molar-refractivity contribution in [3.05, 3.63) is 28.8 Å². The van der Waals surface area contributed by atoms with Crippen LogP contribution < -0.4 is 15.5 Å². The number of nitrogens with one attached hydrogen (secondary N) is 2. The quantitative estimate of drug-likeness (QED) is 0.790. The van der Waals surface area contributed by atoms with Crippen molar-refractivity contribution in [2.24, 2.45) is 5.92 Å². The number of carbonyl (C=O) groups excluding carboxylic acids is 1. The van der Waals surface area contributed by atoms with Crippen molar-refractivity contribution in [2.45, 2.75) is 45.0 Å². The minimum Gasteiger partial charge on any atom is -0.368 e. The van der Waals surface area contributed by atoms with Gasteiger partial charge in [0.25, 0.3) is 0 Å². The van der Waals surface area contributed by atoms with E-state index in [4.69, 9.17) is 25.3 Å². The molecule has 1 aromatic rings. The summed E-state index contributed by atoms with van der Waals surface area (Å²) in [5, 5.41) is 5.21. The summed E-state index contributed by atoms with van der Waals surface area (Å²) in [6.45, 7) is -11.8. The molecule has 27 heavy (non-hydrogen) atoms. The number of carbonyl (C=O) groups is 1. The van der Waals surface area contributed by atoms with Gasteiger partial charge in [-0.2, -0.15) is 0 Å². The molecule has 3 rings (SSSR count). The molecule has 6 heteroatoms. The fraction of sp³-hybridized carbons (Fsp3) is 0.667. The van der Waals surface area contributed by atoms with Gasteiger partial charge < -0.3 is 15.5 Å². The fourth-order valence-electron chi connectivity index (χ4n) is 3.20. The van der Waals surface area contributed by atoms with Gasteiger partial charge in [0.15, 0.2) is 0 Å². The highest BCUT2D eigenvalue weighted by molar-refractivity contribution is 6.34. The number of amides is 2. The Kier molecular flexibility index (Phi) is 3.90. The topological polar surface area (TPSA) is 47.6 Å². The lowest BCUT2D eigenvalue weighted by Crippen LogP contribution is -2.47. The zero-order valence-corrected chi connectivity index (χ0v) is 16.4. The summed E-state index contributed by atoms with van der Waals surface area (Å²) in [4.78, 5) is 12.3. The minimum atomic E-state index is -3.15. The van der Waals surface area contributed by atoms with Gasteiger partial charge in [-0.3, -0.25) is 4.90 Å². The van der Waals surface area contributed by atoms with Crippen molar-refractivity contribution >= 4 is 23.3 Å². The molecule has 5 nitrogen and oxygen atoms in total. The first kappa shape index (κ1) is 10.9. The number of hydrogen-bond acceptors (Lipinski definition) is 3. The number of halogens is 1. The van der Waals surface area contributed by atoms with Crippen molar-refractivity contribution in [1.82, 2.24) is 15.5 Å². The molecule has 1 saturated carbocycles. The van der Waals surface area contributed by atoms with Crippen LogP contribution in [0.1, 0.15) is 51.3 Å². The van der Waals surface area contributed by atoms with E-state index in [0.29, 0.717) is 41.0 Å². The van der Waals surface area contributed by atoms with E-state index in [9.17, 15) is 4.79 Å². The first-order chi connectivity index (χ1) is 16.8. The summed E-state index contributed by atoms with van der Waals surface area (Å²) in [6.07, 6.45) is -0.552. The second-order valence-electron chi connectivity index (χ2n) is 6.75. The summed E-state index contributed by atoms with van der Waals surface area (Å²) in [5.41, 5.74) is 0.279. The number of aryl methyl sites for hydroxylation is 1. The normalized spacial score (nSPS) is 37.4. The van der Waals surface area contributed by atoms with Crippen LogP contribution in [-0.4, -0.2) is 56.6 Å². The highest BCUT2D eigenvalue weighted by atomic mass is 35.5. The minimum absolute atomic E-state index is 0.0345.